The van der Waals surface area contributed by atoms with Crippen molar-refractivity contribution in [2.24, 2.45) is 23.7 Å². The smallest absolute Gasteiger partial charge is 0.0412 e. The molecule has 0 nitrogen and oxygen atoms in total. The quantitative estimate of drug-likeness (QED) is 0.332. The largest absolute Gasteiger partial charge is 0.0628 e. The van der Waals surface area contributed by atoms with Gasteiger partial charge in [-0.25, -0.2) is 0 Å². The van der Waals surface area contributed by atoms with Gasteiger partial charge in [0.2, 0.25) is 0 Å². The summed E-state index contributed by atoms with van der Waals surface area (Å²) >= 11 is 0. The minimum absolute atomic E-state index is 0.875. The van der Waals surface area contributed by atoms with Crippen LogP contribution in [0, 0.1) is 23.7 Å². The van der Waals surface area contributed by atoms with Crippen molar-refractivity contribution in [3.63, 3.8) is 0 Å². The summed E-state index contributed by atoms with van der Waals surface area (Å²) in [6.45, 7) is 14.1. The molecule has 0 heteroatoms. The van der Waals surface area contributed by atoms with Crippen LogP contribution in [0.4, 0.5) is 0 Å². The fourth-order valence-corrected chi connectivity index (χ4v) is 3.02. The lowest BCUT2D eigenvalue weighted by Gasteiger charge is -2.19. The molecule has 0 aromatic heterocycles. The van der Waals surface area contributed by atoms with Gasteiger partial charge in [0.1, 0.15) is 0 Å². The Morgan fingerprint density at radius 3 is 1.16 bits per heavy atom. The van der Waals surface area contributed by atoms with Gasteiger partial charge in [-0.05, 0) is 30.1 Å². The predicted molar refractivity (Wildman–Crippen MR) is 89.6 cm³/mol. The molecule has 0 amide bonds. The molecule has 0 saturated carbocycles. The van der Waals surface area contributed by atoms with Crippen LogP contribution >= 0.6 is 0 Å². The van der Waals surface area contributed by atoms with Gasteiger partial charge in [-0.1, -0.05) is 92.9 Å². The lowest BCUT2D eigenvalue weighted by molar-refractivity contribution is 0.334. The summed E-state index contributed by atoms with van der Waals surface area (Å²) in [6, 6.07) is 0. The Morgan fingerprint density at radius 2 is 0.842 bits per heavy atom. The summed E-state index contributed by atoms with van der Waals surface area (Å²) in [7, 11) is 0. The van der Waals surface area contributed by atoms with E-state index in [1.807, 2.05) is 0 Å². The van der Waals surface area contributed by atoms with Gasteiger partial charge in [0.25, 0.3) is 0 Å². The van der Waals surface area contributed by atoms with E-state index in [1.165, 1.54) is 57.8 Å². The second kappa shape index (κ2) is 11.8. The second-order valence-electron chi connectivity index (χ2n) is 7.85. The molecule has 0 heterocycles. The van der Waals surface area contributed by atoms with Crippen molar-refractivity contribution in [2.75, 3.05) is 0 Å². The minimum atomic E-state index is 0.875. The van der Waals surface area contributed by atoms with Crippen LogP contribution in [-0.2, 0) is 0 Å². The fourth-order valence-electron chi connectivity index (χ4n) is 3.02. The summed E-state index contributed by atoms with van der Waals surface area (Å²) in [5.74, 6) is 3.64. The van der Waals surface area contributed by atoms with Crippen LogP contribution in [0.3, 0.4) is 0 Å². The molecule has 0 saturated heterocycles. The van der Waals surface area contributed by atoms with Crippen molar-refractivity contribution in [1.82, 2.24) is 0 Å². The average molecular weight is 269 g/mol. The summed E-state index contributed by atoms with van der Waals surface area (Å²) in [5, 5.41) is 0. The summed E-state index contributed by atoms with van der Waals surface area (Å²) in [4.78, 5) is 0. The molecule has 0 rings (SSSR count). The standard InChI is InChI=1S/C19H40/c1-16(2)11-7-9-13-19(15-18(5)6)14-10-8-12-17(3)4/h16-19H,7-15H2,1-6H3. The Morgan fingerprint density at radius 1 is 0.474 bits per heavy atom. The molecule has 0 aliphatic carbocycles. The van der Waals surface area contributed by atoms with Gasteiger partial charge in [0, 0.05) is 0 Å². The molecule has 0 aromatic rings. The molecule has 0 spiro atoms. The lowest BCUT2D eigenvalue weighted by atomic mass is 9.87. The van der Waals surface area contributed by atoms with Crippen molar-refractivity contribution in [3.8, 4) is 0 Å². The molecular weight excluding hydrogens is 228 g/mol. The number of hydrogen-bond donors (Lipinski definition) is 0. The number of rotatable bonds is 12. The summed E-state index contributed by atoms with van der Waals surface area (Å²) in [5.41, 5.74) is 0. The Kier molecular flexibility index (Phi) is 11.8. The highest BCUT2D eigenvalue weighted by Crippen LogP contribution is 2.25. The number of hydrogen-bond acceptors (Lipinski definition) is 0. The van der Waals surface area contributed by atoms with E-state index in [9.17, 15) is 0 Å². The monoisotopic (exact) mass is 268 g/mol. The third-order valence-electron chi connectivity index (χ3n) is 4.09. The maximum Gasteiger partial charge on any atom is -0.0412 e. The molecule has 0 aliphatic heterocycles. The maximum atomic E-state index is 2.38. The number of unbranched alkanes of at least 4 members (excludes halogenated alkanes) is 2. The van der Waals surface area contributed by atoms with Crippen LogP contribution < -0.4 is 0 Å². The van der Waals surface area contributed by atoms with Crippen molar-refractivity contribution in [2.45, 2.75) is 99.3 Å². The molecule has 0 aromatic carbocycles. The van der Waals surface area contributed by atoms with E-state index in [-0.39, 0.29) is 0 Å². The Bertz CT molecular complexity index is 162. The first-order chi connectivity index (χ1) is 8.91. The van der Waals surface area contributed by atoms with Crippen LogP contribution in [0.5, 0.6) is 0 Å². The third-order valence-corrected chi connectivity index (χ3v) is 4.09. The normalized spacial score (nSPS) is 12.3. The predicted octanol–water partition coefficient (Wildman–Crippen LogP) is 7.08. The summed E-state index contributed by atoms with van der Waals surface area (Å²) in [6.07, 6.45) is 13.0. The third kappa shape index (κ3) is 14.2. The van der Waals surface area contributed by atoms with Crippen LogP contribution in [-0.4, -0.2) is 0 Å². The molecule has 0 radical (unpaired) electrons. The molecule has 0 fully saturated rings. The van der Waals surface area contributed by atoms with E-state index in [0.717, 1.165) is 23.7 Å². The molecule has 116 valence electrons. The average Bonchev–Trinajstić information content (AvgIpc) is 2.28. The Balaban J connectivity index is 3.75. The molecular formula is C19H40. The zero-order valence-electron chi connectivity index (χ0n) is 14.7. The topological polar surface area (TPSA) is 0 Å². The minimum Gasteiger partial charge on any atom is -0.0628 e. The molecule has 0 N–H and O–H groups in total. The van der Waals surface area contributed by atoms with Crippen LogP contribution in [0.15, 0.2) is 0 Å². The van der Waals surface area contributed by atoms with E-state index >= 15 is 0 Å². The highest BCUT2D eigenvalue weighted by Gasteiger charge is 2.11. The first-order valence-electron chi connectivity index (χ1n) is 8.91. The first kappa shape index (κ1) is 19.0. The second-order valence-corrected chi connectivity index (χ2v) is 7.85. The van der Waals surface area contributed by atoms with Gasteiger partial charge in [0.05, 0.1) is 0 Å². The molecule has 19 heavy (non-hydrogen) atoms. The molecule has 0 atom stereocenters. The Hall–Kier alpha value is 0. The van der Waals surface area contributed by atoms with Crippen molar-refractivity contribution < 1.29 is 0 Å². The van der Waals surface area contributed by atoms with Gasteiger partial charge in [-0.15, -0.1) is 0 Å². The van der Waals surface area contributed by atoms with Crippen LogP contribution in [0.1, 0.15) is 99.3 Å². The van der Waals surface area contributed by atoms with E-state index < -0.39 is 0 Å². The fraction of sp³-hybridized carbons (Fsp3) is 1.00. The SMILES string of the molecule is CC(C)CCCCC(CCCCC(C)C)CC(C)C. The van der Waals surface area contributed by atoms with Gasteiger partial charge in [0.15, 0.2) is 0 Å². The van der Waals surface area contributed by atoms with Crippen molar-refractivity contribution in [1.29, 1.82) is 0 Å². The molecule has 0 bridgehead atoms. The molecule has 0 unspecified atom stereocenters. The Labute approximate surface area is 123 Å². The highest BCUT2D eigenvalue weighted by molar-refractivity contribution is 4.63. The van der Waals surface area contributed by atoms with E-state index in [0.29, 0.717) is 0 Å². The zero-order valence-corrected chi connectivity index (χ0v) is 14.7. The first-order valence-corrected chi connectivity index (χ1v) is 8.91. The highest BCUT2D eigenvalue weighted by atomic mass is 14.2. The van der Waals surface area contributed by atoms with Crippen LogP contribution in [0.2, 0.25) is 0 Å². The summed E-state index contributed by atoms with van der Waals surface area (Å²) < 4.78 is 0. The van der Waals surface area contributed by atoms with Crippen molar-refractivity contribution >= 4 is 0 Å². The van der Waals surface area contributed by atoms with E-state index in [1.54, 1.807) is 0 Å². The van der Waals surface area contributed by atoms with Crippen molar-refractivity contribution in [3.05, 3.63) is 0 Å². The van der Waals surface area contributed by atoms with E-state index in [2.05, 4.69) is 41.5 Å². The van der Waals surface area contributed by atoms with Crippen LogP contribution in [0.25, 0.3) is 0 Å². The van der Waals surface area contributed by atoms with Gasteiger partial charge < -0.3 is 0 Å². The van der Waals surface area contributed by atoms with Gasteiger partial charge in [-0.2, -0.15) is 0 Å². The lowest BCUT2D eigenvalue weighted by Crippen LogP contribution is -2.05. The zero-order chi connectivity index (χ0) is 14.7. The van der Waals surface area contributed by atoms with Gasteiger partial charge >= 0.3 is 0 Å². The molecule has 0 aliphatic rings. The maximum absolute atomic E-state index is 2.38. The van der Waals surface area contributed by atoms with E-state index in [4.69, 9.17) is 0 Å². The van der Waals surface area contributed by atoms with Gasteiger partial charge in [-0.3, -0.25) is 0 Å².